The molecular weight excluding hydrogens is 593 g/mol. The molecule has 13 heteroatoms. The Hall–Kier alpha value is -3.55. The van der Waals surface area contributed by atoms with Crippen LogP contribution in [0.3, 0.4) is 0 Å². The fraction of sp³-hybridized carbons (Fsp3) is 0.367. The summed E-state index contributed by atoms with van der Waals surface area (Å²) in [5.41, 5.74) is 1.76. The minimum Gasteiger partial charge on any atom is -0.364 e. The molecule has 1 aliphatic rings. The molecule has 3 aromatic rings. The summed E-state index contributed by atoms with van der Waals surface area (Å²) in [6, 6.07) is 17.4. The number of carbonyl (C=O) groups excluding carboxylic acids is 1. The Labute approximate surface area is 247 Å². The van der Waals surface area contributed by atoms with Gasteiger partial charge in [0, 0.05) is 44.0 Å². The minimum atomic E-state index is -4.42. The van der Waals surface area contributed by atoms with E-state index in [1.165, 1.54) is 24.3 Å². The number of amides is 1. The van der Waals surface area contributed by atoms with Crippen molar-refractivity contribution in [1.29, 1.82) is 0 Å². The summed E-state index contributed by atoms with van der Waals surface area (Å²) in [6.45, 7) is 0.231. The number of halogens is 5. The lowest BCUT2D eigenvalue weighted by molar-refractivity contribution is -0.137. The summed E-state index contributed by atoms with van der Waals surface area (Å²) in [6.07, 6.45) is -4.42. The number of carbonyl (C=O) groups is 1. The van der Waals surface area contributed by atoms with Crippen LogP contribution in [0.1, 0.15) is 34.0 Å². The molecule has 0 unspecified atom stereocenters. The third-order valence-corrected chi connectivity index (χ3v) is 9.00. The van der Waals surface area contributed by atoms with E-state index in [0.717, 1.165) is 17.7 Å². The summed E-state index contributed by atoms with van der Waals surface area (Å²) in [4.78, 5) is 16.8. The molecule has 0 saturated carbocycles. The fourth-order valence-electron chi connectivity index (χ4n) is 4.86. The van der Waals surface area contributed by atoms with Gasteiger partial charge in [0.1, 0.15) is 0 Å². The van der Waals surface area contributed by atoms with Crippen LogP contribution in [0.5, 0.6) is 0 Å². The first-order valence-electron chi connectivity index (χ1n) is 13.6. The molecule has 0 radical (unpaired) electrons. The first kappa shape index (κ1) is 32.4. The molecule has 0 aliphatic carbocycles. The van der Waals surface area contributed by atoms with Crippen molar-refractivity contribution in [3.05, 3.63) is 95.1 Å². The van der Waals surface area contributed by atoms with Crippen LogP contribution in [0.2, 0.25) is 0 Å². The molecule has 232 valence electrons. The Bertz CT molecular complexity index is 1470. The number of alkyl halides is 5. The number of sulfone groups is 1. The molecule has 1 aliphatic heterocycles. The average Bonchev–Trinajstić information content (AvgIpc) is 2.99. The maximum absolute atomic E-state index is 12.9. The van der Waals surface area contributed by atoms with Crippen LogP contribution < -0.4 is 10.2 Å². The first-order chi connectivity index (χ1) is 20.4. The van der Waals surface area contributed by atoms with Crippen molar-refractivity contribution < 1.29 is 39.9 Å². The Morgan fingerprint density at radius 3 is 2.16 bits per heavy atom. The van der Waals surface area contributed by atoms with Gasteiger partial charge in [-0.25, -0.2) is 8.42 Å². The van der Waals surface area contributed by atoms with Gasteiger partial charge in [-0.2, -0.15) is 22.0 Å². The molecule has 1 heterocycles. The number of nitrogens with zero attached hydrogens (tertiary/aromatic N) is 2. The number of hydrogen-bond donors (Lipinski definition) is 1. The molecule has 4 rings (SSSR count). The van der Waals surface area contributed by atoms with Gasteiger partial charge in [0.2, 0.25) is 0 Å². The fourth-order valence-corrected chi connectivity index (χ4v) is 5.74. The third-order valence-electron chi connectivity index (χ3n) is 7.25. The SMILES string of the molecule is CCS(=O)(=O)c1ccc(CNC(=O)c2ccc(N3CCN(Cc4ccc(C(F)(F)F)cc4)C[C@H]3COC(F)F)cc2)cc1. The van der Waals surface area contributed by atoms with E-state index in [1.807, 2.05) is 9.80 Å². The number of benzene rings is 3. The highest BCUT2D eigenvalue weighted by Crippen LogP contribution is 2.29. The van der Waals surface area contributed by atoms with Crippen LogP contribution in [0.4, 0.5) is 27.6 Å². The Morgan fingerprint density at radius 1 is 0.953 bits per heavy atom. The van der Waals surface area contributed by atoms with E-state index in [4.69, 9.17) is 0 Å². The number of anilines is 1. The van der Waals surface area contributed by atoms with E-state index in [1.54, 1.807) is 43.3 Å². The Balaban J connectivity index is 1.37. The van der Waals surface area contributed by atoms with Crippen LogP contribution in [-0.2, 0) is 33.8 Å². The Morgan fingerprint density at radius 2 is 1.58 bits per heavy atom. The molecule has 1 atom stereocenters. The number of hydrogen-bond acceptors (Lipinski definition) is 6. The zero-order valence-electron chi connectivity index (χ0n) is 23.4. The lowest BCUT2D eigenvalue weighted by Gasteiger charge is -2.42. The third kappa shape index (κ3) is 8.74. The van der Waals surface area contributed by atoms with Crippen molar-refractivity contribution in [2.24, 2.45) is 0 Å². The van der Waals surface area contributed by atoms with E-state index in [0.29, 0.717) is 43.0 Å². The second kappa shape index (κ2) is 13.8. The lowest BCUT2D eigenvalue weighted by atomic mass is 10.1. The highest BCUT2D eigenvalue weighted by atomic mass is 32.2. The summed E-state index contributed by atoms with van der Waals surface area (Å²) in [7, 11) is -3.31. The highest BCUT2D eigenvalue weighted by molar-refractivity contribution is 7.91. The van der Waals surface area contributed by atoms with Crippen LogP contribution >= 0.6 is 0 Å². The zero-order chi connectivity index (χ0) is 31.2. The van der Waals surface area contributed by atoms with E-state index in [2.05, 4.69) is 10.1 Å². The molecule has 43 heavy (non-hydrogen) atoms. The molecule has 1 N–H and O–H groups in total. The van der Waals surface area contributed by atoms with Crippen molar-refractivity contribution in [3.8, 4) is 0 Å². The number of rotatable bonds is 11. The van der Waals surface area contributed by atoms with Crippen molar-refractivity contribution in [1.82, 2.24) is 10.2 Å². The maximum atomic E-state index is 12.9. The van der Waals surface area contributed by atoms with Crippen molar-refractivity contribution >= 4 is 21.4 Å². The molecule has 0 aromatic heterocycles. The molecule has 3 aromatic carbocycles. The van der Waals surface area contributed by atoms with Crippen LogP contribution in [-0.4, -0.2) is 63.9 Å². The van der Waals surface area contributed by atoms with E-state index >= 15 is 0 Å². The summed E-state index contributed by atoms with van der Waals surface area (Å²) >= 11 is 0. The zero-order valence-corrected chi connectivity index (χ0v) is 24.2. The van der Waals surface area contributed by atoms with Crippen molar-refractivity contribution in [3.63, 3.8) is 0 Å². The van der Waals surface area contributed by atoms with Gasteiger partial charge < -0.3 is 15.0 Å². The first-order valence-corrected chi connectivity index (χ1v) is 15.3. The van der Waals surface area contributed by atoms with Crippen molar-refractivity contribution in [2.75, 3.05) is 36.9 Å². The molecule has 1 fully saturated rings. The predicted molar refractivity (Wildman–Crippen MR) is 152 cm³/mol. The summed E-state index contributed by atoms with van der Waals surface area (Å²) in [5, 5.41) is 2.79. The molecule has 0 bridgehead atoms. The number of ether oxygens (including phenoxy) is 1. The van der Waals surface area contributed by atoms with Gasteiger partial charge in [0.15, 0.2) is 9.84 Å². The second-order valence-electron chi connectivity index (χ2n) is 10.1. The molecule has 1 saturated heterocycles. The van der Waals surface area contributed by atoms with Gasteiger partial charge in [0.25, 0.3) is 5.91 Å². The Kier molecular flexibility index (Phi) is 10.4. The molecular formula is C30H32F5N3O4S. The average molecular weight is 626 g/mol. The standard InChI is InChI=1S/C30H32F5N3O4S/c1-2-43(40,41)27-13-5-21(6-14-27)17-36-28(39)23-7-11-25(12-8-23)38-16-15-37(19-26(38)20-42-29(31)32)18-22-3-9-24(10-4-22)30(33,34)35/h3-14,26,29H,2,15-20H2,1H3,(H,36,39)/t26-/m0/s1. The number of nitrogens with one attached hydrogen (secondary N) is 1. The van der Waals surface area contributed by atoms with Crippen molar-refractivity contribution in [2.45, 2.75) is 43.7 Å². The largest absolute Gasteiger partial charge is 0.416 e. The summed E-state index contributed by atoms with van der Waals surface area (Å²) in [5.74, 6) is -0.340. The topological polar surface area (TPSA) is 79.0 Å². The normalized spacial score (nSPS) is 16.4. The molecule has 7 nitrogen and oxygen atoms in total. The van der Waals surface area contributed by atoms with E-state index < -0.39 is 34.2 Å². The van der Waals surface area contributed by atoms with E-state index in [-0.39, 0.29) is 29.7 Å². The molecule has 1 amide bonds. The van der Waals surface area contributed by atoms with Gasteiger partial charge in [-0.15, -0.1) is 0 Å². The number of piperazine rings is 1. The lowest BCUT2D eigenvalue weighted by Crippen LogP contribution is -2.55. The highest BCUT2D eigenvalue weighted by Gasteiger charge is 2.31. The summed E-state index contributed by atoms with van der Waals surface area (Å²) < 4.78 is 93.0. The smallest absolute Gasteiger partial charge is 0.364 e. The minimum absolute atomic E-state index is 0.00249. The van der Waals surface area contributed by atoms with Gasteiger partial charge in [0.05, 0.1) is 28.9 Å². The maximum Gasteiger partial charge on any atom is 0.416 e. The predicted octanol–water partition coefficient (Wildman–Crippen LogP) is 5.36. The van der Waals surface area contributed by atoms with Crippen LogP contribution in [0.15, 0.2) is 77.7 Å². The quantitative estimate of drug-likeness (QED) is 0.289. The van der Waals surface area contributed by atoms with E-state index in [9.17, 15) is 35.2 Å². The second-order valence-corrected chi connectivity index (χ2v) is 12.4. The molecule has 0 spiro atoms. The monoisotopic (exact) mass is 625 g/mol. The van der Waals surface area contributed by atoms with Gasteiger partial charge in [-0.3, -0.25) is 9.69 Å². The van der Waals surface area contributed by atoms with Gasteiger partial charge in [-0.05, 0) is 59.7 Å². The van der Waals surface area contributed by atoms with Gasteiger partial charge >= 0.3 is 12.8 Å². The van der Waals surface area contributed by atoms with Gasteiger partial charge in [-0.1, -0.05) is 31.2 Å². The van der Waals surface area contributed by atoms with Crippen LogP contribution in [0, 0.1) is 0 Å². The van der Waals surface area contributed by atoms with Crippen LogP contribution in [0.25, 0.3) is 0 Å².